The van der Waals surface area contributed by atoms with Crippen LogP contribution in [0.25, 0.3) is 11.4 Å². The van der Waals surface area contributed by atoms with Crippen LogP contribution in [0.15, 0.2) is 47.0 Å². The molecular formula is C16H12ClN3O4. The van der Waals surface area contributed by atoms with Gasteiger partial charge in [0.1, 0.15) is 5.75 Å². The molecule has 3 aromatic rings. The van der Waals surface area contributed by atoms with Gasteiger partial charge in [0.05, 0.1) is 4.92 Å². The molecule has 0 spiro atoms. The fourth-order valence-electron chi connectivity index (χ4n) is 2.02. The van der Waals surface area contributed by atoms with Crippen molar-refractivity contribution in [3.05, 3.63) is 69.1 Å². The van der Waals surface area contributed by atoms with E-state index in [0.717, 1.165) is 5.56 Å². The van der Waals surface area contributed by atoms with Crippen molar-refractivity contribution in [3.8, 4) is 17.1 Å². The van der Waals surface area contributed by atoms with Gasteiger partial charge in [-0.05, 0) is 42.8 Å². The first-order valence-corrected chi connectivity index (χ1v) is 7.37. The maximum Gasteiger partial charge on any atom is 0.269 e. The first-order chi connectivity index (χ1) is 11.5. The number of non-ortho nitro benzene ring substituents is 1. The molecule has 0 bridgehead atoms. The van der Waals surface area contributed by atoms with Crippen LogP contribution < -0.4 is 4.74 Å². The van der Waals surface area contributed by atoms with Crippen LogP contribution in [-0.4, -0.2) is 15.1 Å². The topological polar surface area (TPSA) is 91.3 Å². The van der Waals surface area contributed by atoms with Crippen LogP contribution >= 0.6 is 11.6 Å². The fourth-order valence-corrected chi connectivity index (χ4v) is 2.13. The Morgan fingerprint density at radius 3 is 2.67 bits per heavy atom. The highest BCUT2D eigenvalue weighted by Crippen LogP contribution is 2.23. The molecule has 0 saturated heterocycles. The minimum atomic E-state index is -0.465. The number of nitro groups is 1. The molecule has 1 heterocycles. The standard InChI is InChI=1S/C16H12ClN3O4/c1-10-8-13(6-7-14(10)17)23-9-15-18-16(19-24-15)11-2-4-12(5-3-11)20(21)22/h2-8H,9H2,1H3. The Kier molecular flexibility index (Phi) is 4.43. The van der Waals surface area contributed by atoms with Crippen molar-refractivity contribution in [1.29, 1.82) is 0 Å². The summed E-state index contributed by atoms with van der Waals surface area (Å²) in [5.41, 5.74) is 1.54. The summed E-state index contributed by atoms with van der Waals surface area (Å²) in [6.45, 7) is 2.00. The minimum absolute atomic E-state index is 0.00362. The molecule has 0 unspecified atom stereocenters. The van der Waals surface area contributed by atoms with Gasteiger partial charge in [0.15, 0.2) is 6.61 Å². The van der Waals surface area contributed by atoms with Crippen LogP contribution in [0.4, 0.5) is 5.69 Å². The maximum atomic E-state index is 10.6. The zero-order valence-corrected chi connectivity index (χ0v) is 13.4. The van der Waals surface area contributed by atoms with E-state index in [1.807, 2.05) is 13.0 Å². The highest BCUT2D eigenvalue weighted by Gasteiger charge is 2.11. The van der Waals surface area contributed by atoms with Gasteiger partial charge in [-0.25, -0.2) is 0 Å². The number of aryl methyl sites for hydroxylation is 1. The Balaban J connectivity index is 1.68. The van der Waals surface area contributed by atoms with E-state index >= 15 is 0 Å². The Labute approximate surface area is 142 Å². The summed E-state index contributed by atoms with van der Waals surface area (Å²) < 4.78 is 10.7. The first kappa shape index (κ1) is 15.9. The summed E-state index contributed by atoms with van der Waals surface area (Å²) in [7, 11) is 0. The van der Waals surface area contributed by atoms with Crippen molar-refractivity contribution in [2.75, 3.05) is 0 Å². The van der Waals surface area contributed by atoms with Crippen molar-refractivity contribution in [2.24, 2.45) is 0 Å². The molecule has 0 N–H and O–H groups in total. The van der Waals surface area contributed by atoms with Gasteiger partial charge in [-0.15, -0.1) is 0 Å². The quantitative estimate of drug-likeness (QED) is 0.508. The number of ether oxygens (including phenoxy) is 1. The molecule has 0 radical (unpaired) electrons. The molecule has 122 valence electrons. The van der Waals surface area contributed by atoms with E-state index in [9.17, 15) is 10.1 Å². The van der Waals surface area contributed by atoms with E-state index in [2.05, 4.69) is 10.1 Å². The Morgan fingerprint density at radius 1 is 1.25 bits per heavy atom. The summed E-state index contributed by atoms with van der Waals surface area (Å²) in [6, 6.07) is 11.2. The average Bonchev–Trinajstić information content (AvgIpc) is 3.05. The first-order valence-electron chi connectivity index (χ1n) is 6.99. The summed E-state index contributed by atoms with van der Waals surface area (Å²) in [5.74, 6) is 1.29. The lowest BCUT2D eigenvalue weighted by molar-refractivity contribution is -0.384. The van der Waals surface area contributed by atoms with Gasteiger partial charge < -0.3 is 9.26 Å². The van der Waals surface area contributed by atoms with Gasteiger partial charge in [0.25, 0.3) is 11.6 Å². The molecule has 8 heteroatoms. The average molecular weight is 346 g/mol. The normalized spacial score (nSPS) is 10.6. The third-order valence-corrected chi connectivity index (χ3v) is 3.72. The number of rotatable bonds is 5. The molecule has 24 heavy (non-hydrogen) atoms. The lowest BCUT2D eigenvalue weighted by atomic mass is 10.2. The third-order valence-electron chi connectivity index (χ3n) is 3.30. The van der Waals surface area contributed by atoms with Crippen molar-refractivity contribution in [2.45, 2.75) is 13.5 Å². The second kappa shape index (κ2) is 6.67. The van der Waals surface area contributed by atoms with Crippen LogP contribution in [0.3, 0.4) is 0 Å². The van der Waals surface area contributed by atoms with Crippen molar-refractivity contribution < 1.29 is 14.2 Å². The number of nitrogens with zero attached hydrogens (tertiary/aromatic N) is 3. The maximum absolute atomic E-state index is 10.6. The molecule has 1 aromatic heterocycles. The monoisotopic (exact) mass is 345 g/mol. The number of halogens is 1. The smallest absolute Gasteiger partial charge is 0.269 e. The molecule has 0 fully saturated rings. The molecule has 3 rings (SSSR count). The number of benzene rings is 2. The molecule has 0 saturated carbocycles. The van der Waals surface area contributed by atoms with E-state index in [-0.39, 0.29) is 12.3 Å². The van der Waals surface area contributed by atoms with Crippen molar-refractivity contribution in [1.82, 2.24) is 10.1 Å². The van der Waals surface area contributed by atoms with E-state index in [4.69, 9.17) is 20.9 Å². The molecule has 7 nitrogen and oxygen atoms in total. The SMILES string of the molecule is Cc1cc(OCc2nc(-c3ccc([N+](=O)[O-])cc3)no2)ccc1Cl. The molecule has 0 aliphatic heterocycles. The molecular weight excluding hydrogens is 334 g/mol. The number of hydrogen-bond donors (Lipinski definition) is 0. The summed E-state index contributed by atoms with van der Waals surface area (Å²) in [6.07, 6.45) is 0. The van der Waals surface area contributed by atoms with Gasteiger partial charge >= 0.3 is 0 Å². The number of hydrogen-bond acceptors (Lipinski definition) is 6. The second-order valence-electron chi connectivity index (χ2n) is 5.02. The highest BCUT2D eigenvalue weighted by molar-refractivity contribution is 6.31. The van der Waals surface area contributed by atoms with E-state index in [1.165, 1.54) is 12.1 Å². The summed E-state index contributed by atoms with van der Waals surface area (Å²) in [4.78, 5) is 14.4. The van der Waals surface area contributed by atoms with Crippen LogP contribution in [0.1, 0.15) is 11.5 Å². The van der Waals surface area contributed by atoms with Crippen LogP contribution in [0.5, 0.6) is 5.75 Å². The van der Waals surface area contributed by atoms with E-state index < -0.39 is 4.92 Å². The van der Waals surface area contributed by atoms with Crippen LogP contribution in [0, 0.1) is 17.0 Å². The summed E-state index contributed by atoms with van der Waals surface area (Å²) >= 11 is 5.96. The Bertz CT molecular complexity index is 877. The van der Waals surface area contributed by atoms with Gasteiger partial charge in [0, 0.05) is 22.7 Å². The van der Waals surface area contributed by atoms with Crippen molar-refractivity contribution in [3.63, 3.8) is 0 Å². The molecule has 0 aliphatic carbocycles. The number of aromatic nitrogens is 2. The minimum Gasteiger partial charge on any atom is -0.484 e. The highest BCUT2D eigenvalue weighted by atomic mass is 35.5. The van der Waals surface area contributed by atoms with E-state index in [0.29, 0.717) is 28.1 Å². The van der Waals surface area contributed by atoms with E-state index in [1.54, 1.807) is 24.3 Å². The molecule has 2 aromatic carbocycles. The second-order valence-corrected chi connectivity index (χ2v) is 5.42. The molecule has 0 atom stereocenters. The lowest BCUT2D eigenvalue weighted by Gasteiger charge is -2.04. The largest absolute Gasteiger partial charge is 0.484 e. The van der Waals surface area contributed by atoms with Gasteiger partial charge in [0.2, 0.25) is 5.82 Å². The molecule has 0 aliphatic rings. The van der Waals surface area contributed by atoms with Crippen molar-refractivity contribution >= 4 is 17.3 Å². The molecule has 0 amide bonds. The Morgan fingerprint density at radius 2 is 2.00 bits per heavy atom. The van der Waals surface area contributed by atoms with Crippen LogP contribution in [-0.2, 0) is 6.61 Å². The predicted molar refractivity (Wildman–Crippen MR) is 86.9 cm³/mol. The zero-order valence-electron chi connectivity index (χ0n) is 12.6. The lowest BCUT2D eigenvalue weighted by Crippen LogP contribution is -1.96. The zero-order chi connectivity index (χ0) is 17.1. The Hall–Kier alpha value is -2.93. The number of nitro benzene ring substituents is 1. The van der Waals surface area contributed by atoms with Gasteiger partial charge in [-0.1, -0.05) is 16.8 Å². The van der Waals surface area contributed by atoms with Crippen LogP contribution in [0.2, 0.25) is 5.02 Å². The fraction of sp³-hybridized carbons (Fsp3) is 0.125. The predicted octanol–water partition coefficient (Wildman–Crippen LogP) is 4.19. The van der Waals surface area contributed by atoms with Gasteiger partial charge in [-0.3, -0.25) is 10.1 Å². The van der Waals surface area contributed by atoms with Gasteiger partial charge in [-0.2, -0.15) is 4.98 Å². The third kappa shape index (κ3) is 3.52. The summed E-state index contributed by atoms with van der Waals surface area (Å²) in [5, 5.41) is 15.2.